The number of nitrogens with one attached hydrogen (secondary N) is 1. The molecule has 4 rings (SSSR count). The van der Waals surface area contributed by atoms with Gasteiger partial charge in [0.05, 0.1) is 32.6 Å². The van der Waals surface area contributed by atoms with Gasteiger partial charge in [-0.2, -0.15) is 0 Å². The Kier molecular flexibility index (Phi) is 5.64. The first-order valence-corrected chi connectivity index (χ1v) is 10.2. The second-order valence-electron chi connectivity index (χ2n) is 6.60. The summed E-state index contributed by atoms with van der Waals surface area (Å²) < 4.78 is 15.8. The number of rotatable bonds is 7. The predicted octanol–water partition coefficient (Wildman–Crippen LogP) is 4.17. The standard InChI is InChI=1S/C23H20N2O5S/c1-28-16-8-6-15(7-9-16)25-22(26)20(19-5-4-10-31-19)21(23(25)27)24-14-11-17(29-2)13-18(12-14)30-3/h4-13,24H,1-3H3. The highest BCUT2D eigenvalue weighted by molar-refractivity contribution is 7.11. The molecular formula is C23H20N2O5S. The lowest BCUT2D eigenvalue weighted by molar-refractivity contribution is -0.120. The first-order valence-electron chi connectivity index (χ1n) is 9.36. The van der Waals surface area contributed by atoms with Gasteiger partial charge in [-0.1, -0.05) is 6.07 Å². The van der Waals surface area contributed by atoms with Crippen molar-refractivity contribution in [2.45, 2.75) is 0 Å². The average Bonchev–Trinajstić information content (AvgIpc) is 3.40. The number of hydrogen-bond donors (Lipinski definition) is 1. The molecule has 8 heteroatoms. The Bertz CT molecular complexity index is 1130. The third-order valence-electron chi connectivity index (χ3n) is 4.80. The van der Waals surface area contributed by atoms with Crippen LogP contribution in [0.1, 0.15) is 4.88 Å². The van der Waals surface area contributed by atoms with Gasteiger partial charge in [-0.3, -0.25) is 9.59 Å². The zero-order valence-corrected chi connectivity index (χ0v) is 18.0. The predicted molar refractivity (Wildman–Crippen MR) is 120 cm³/mol. The molecule has 2 amide bonds. The van der Waals surface area contributed by atoms with Crippen LogP contribution in [0.4, 0.5) is 11.4 Å². The summed E-state index contributed by atoms with van der Waals surface area (Å²) in [5.74, 6) is 0.916. The van der Waals surface area contributed by atoms with Crippen LogP contribution in [0.2, 0.25) is 0 Å². The Morgan fingerprint density at radius 3 is 2.00 bits per heavy atom. The first-order chi connectivity index (χ1) is 15.0. The van der Waals surface area contributed by atoms with Crippen molar-refractivity contribution in [3.63, 3.8) is 0 Å². The summed E-state index contributed by atoms with van der Waals surface area (Å²) >= 11 is 1.39. The van der Waals surface area contributed by atoms with Crippen LogP contribution in [-0.2, 0) is 9.59 Å². The fraction of sp³-hybridized carbons (Fsp3) is 0.130. The summed E-state index contributed by atoms with van der Waals surface area (Å²) in [5.41, 5.74) is 1.54. The van der Waals surface area contributed by atoms with Gasteiger partial charge < -0.3 is 19.5 Å². The molecule has 1 aromatic heterocycles. The molecule has 0 unspecified atom stereocenters. The van der Waals surface area contributed by atoms with E-state index in [-0.39, 0.29) is 5.70 Å². The molecule has 0 bridgehead atoms. The van der Waals surface area contributed by atoms with Gasteiger partial charge >= 0.3 is 0 Å². The van der Waals surface area contributed by atoms with E-state index in [1.165, 1.54) is 11.3 Å². The maximum Gasteiger partial charge on any atom is 0.282 e. The van der Waals surface area contributed by atoms with E-state index in [0.717, 1.165) is 4.90 Å². The Hall–Kier alpha value is -3.78. The lowest BCUT2D eigenvalue weighted by Gasteiger charge is -2.16. The Morgan fingerprint density at radius 2 is 1.45 bits per heavy atom. The van der Waals surface area contributed by atoms with Crippen molar-refractivity contribution >= 4 is 40.1 Å². The lowest BCUT2D eigenvalue weighted by atomic mass is 10.1. The number of nitrogens with zero attached hydrogens (tertiary/aromatic N) is 1. The van der Waals surface area contributed by atoms with Crippen molar-refractivity contribution in [3.8, 4) is 17.2 Å². The van der Waals surface area contributed by atoms with Crippen LogP contribution in [0.5, 0.6) is 17.2 Å². The van der Waals surface area contributed by atoms with Crippen molar-refractivity contribution in [1.29, 1.82) is 0 Å². The normalized spacial score (nSPS) is 13.6. The second kappa shape index (κ2) is 8.53. The van der Waals surface area contributed by atoms with Crippen molar-refractivity contribution in [2.24, 2.45) is 0 Å². The van der Waals surface area contributed by atoms with Crippen molar-refractivity contribution < 1.29 is 23.8 Å². The number of amides is 2. The Balaban J connectivity index is 1.77. The van der Waals surface area contributed by atoms with Crippen LogP contribution in [0.15, 0.2) is 65.7 Å². The van der Waals surface area contributed by atoms with Crippen LogP contribution in [0, 0.1) is 0 Å². The minimum atomic E-state index is -0.444. The second-order valence-corrected chi connectivity index (χ2v) is 7.55. The van der Waals surface area contributed by atoms with E-state index >= 15 is 0 Å². The van der Waals surface area contributed by atoms with Gasteiger partial charge in [-0.15, -0.1) is 11.3 Å². The highest BCUT2D eigenvalue weighted by Gasteiger charge is 2.40. The lowest BCUT2D eigenvalue weighted by Crippen LogP contribution is -2.32. The highest BCUT2D eigenvalue weighted by Crippen LogP contribution is 2.37. The quantitative estimate of drug-likeness (QED) is 0.560. The molecular weight excluding hydrogens is 416 g/mol. The topological polar surface area (TPSA) is 77.1 Å². The van der Waals surface area contributed by atoms with Crippen LogP contribution in [-0.4, -0.2) is 33.1 Å². The molecule has 1 aliphatic rings. The molecule has 3 aromatic rings. The van der Waals surface area contributed by atoms with Gasteiger partial charge in [0, 0.05) is 28.8 Å². The number of carbonyl (C=O) groups excluding carboxylic acids is 2. The van der Waals surface area contributed by atoms with Crippen LogP contribution in [0.3, 0.4) is 0 Å². The molecule has 1 N–H and O–H groups in total. The minimum absolute atomic E-state index is 0.193. The third kappa shape index (κ3) is 3.85. The van der Waals surface area contributed by atoms with Gasteiger partial charge in [0.1, 0.15) is 22.9 Å². The molecule has 0 fully saturated rings. The molecule has 0 saturated heterocycles. The van der Waals surface area contributed by atoms with Crippen LogP contribution >= 0.6 is 11.3 Å². The minimum Gasteiger partial charge on any atom is -0.497 e. The van der Waals surface area contributed by atoms with Crippen LogP contribution in [0.25, 0.3) is 5.57 Å². The fourth-order valence-corrected chi connectivity index (χ4v) is 4.05. The largest absolute Gasteiger partial charge is 0.497 e. The molecule has 0 spiro atoms. The number of hydrogen-bond acceptors (Lipinski definition) is 7. The number of ether oxygens (including phenoxy) is 3. The number of carbonyl (C=O) groups is 2. The van der Waals surface area contributed by atoms with E-state index in [9.17, 15) is 9.59 Å². The smallest absolute Gasteiger partial charge is 0.282 e. The number of thiophene rings is 1. The zero-order valence-electron chi connectivity index (χ0n) is 17.2. The number of imide groups is 1. The van der Waals surface area contributed by atoms with Crippen LogP contribution < -0.4 is 24.4 Å². The molecule has 2 aromatic carbocycles. The highest BCUT2D eigenvalue weighted by atomic mass is 32.1. The average molecular weight is 436 g/mol. The summed E-state index contributed by atoms with van der Waals surface area (Å²) in [5, 5.41) is 4.98. The van der Waals surface area contributed by atoms with Gasteiger partial charge in [-0.05, 0) is 35.7 Å². The molecule has 0 saturated carbocycles. The monoisotopic (exact) mass is 436 g/mol. The van der Waals surface area contributed by atoms with Gasteiger partial charge in [0.15, 0.2) is 0 Å². The number of methoxy groups -OCH3 is 3. The van der Waals surface area contributed by atoms with E-state index in [1.54, 1.807) is 63.8 Å². The maximum absolute atomic E-state index is 13.4. The van der Waals surface area contributed by atoms with E-state index in [4.69, 9.17) is 14.2 Å². The van der Waals surface area contributed by atoms with Crippen molar-refractivity contribution in [2.75, 3.05) is 31.5 Å². The van der Waals surface area contributed by atoms with Gasteiger partial charge in [0.2, 0.25) is 0 Å². The summed E-state index contributed by atoms with van der Waals surface area (Å²) in [7, 11) is 4.65. The molecule has 1 aliphatic heterocycles. The third-order valence-corrected chi connectivity index (χ3v) is 5.69. The SMILES string of the molecule is COc1ccc(N2C(=O)C(Nc3cc(OC)cc(OC)c3)=C(c3cccs3)C2=O)cc1. The summed E-state index contributed by atoms with van der Waals surface area (Å²) in [6, 6.07) is 15.6. The molecule has 0 aliphatic carbocycles. The molecule has 158 valence electrons. The summed E-state index contributed by atoms with van der Waals surface area (Å²) in [4.78, 5) is 28.6. The van der Waals surface area contributed by atoms with Crippen molar-refractivity contribution in [3.05, 3.63) is 70.6 Å². The molecule has 0 radical (unpaired) electrons. The summed E-state index contributed by atoms with van der Waals surface area (Å²) in [6.45, 7) is 0. The first kappa shape index (κ1) is 20.5. The number of anilines is 2. The fourth-order valence-electron chi connectivity index (χ4n) is 3.28. The Morgan fingerprint density at radius 1 is 0.806 bits per heavy atom. The molecule has 7 nitrogen and oxygen atoms in total. The molecule has 31 heavy (non-hydrogen) atoms. The van der Waals surface area contributed by atoms with E-state index < -0.39 is 11.8 Å². The molecule has 2 heterocycles. The van der Waals surface area contributed by atoms with E-state index in [0.29, 0.717) is 39.1 Å². The maximum atomic E-state index is 13.4. The Labute approximate surface area is 183 Å². The van der Waals surface area contributed by atoms with E-state index in [1.807, 2.05) is 17.5 Å². The zero-order chi connectivity index (χ0) is 22.0. The van der Waals surface area contributed by atoms with Crippen molar-refractivity contribution in [1.82, 2.24) is 0 Å². The molecule has 0 atom stereocenters. The van der Waals surface area contributed by atoms with Gasteiger partial charge in [-0.25, -0.2) is 4.90 Å². The number of benzene rings is 2. The van der Waals surface area contributed by atoms with Gasteiger partial charge in [0.25, 0.3) is 11.8 Å². The summed E-state index contributed by atoms with van der Waals surface area (Å²) in [6.07, 6.45) is 0. The van der Waals surface area contributed by atoms with E-state index in [2.05, 4.69) is 5.32 Å².